The molecule has 0 fully saturated rings. The summed E-state index contributed by atoms with van der Waals surface area (Å²) in [6.45, 7) is 2.79. The second kappa shape index (κ2) is 8.50. The summed E-state index contributed by atoms with van der Waals surface area (Å²) < 4.78 is 9.21. The second-order valence-corrected chi connectivity index (χ2v) is 7.82. The molecule has 2 aromatic heterocycles. The Kier molecular flexibility index (Phi) is 5.79. The molecule has 0 aliphatic carbocycles. The third-order valence-electron chi connectivity index (χ3n) is 4.89. The SMILES string of the molecule is CCn1nc(-c2ccc(Cl)cc2Cl)cc1CC(=O)OCc1ccc2c(c1)ncn2C. The number of carbonyl (C=O) groups excluding carboxylic acids is 1. The van der Waals surface area contributed by atoms with Crippen LogP contribution in [0.15, 0.2) is 48.8 Å². The second-order valence-electron chi connectivity index (χ2n) is 6.98. The lowest BCUT2D eigenvalue weighted by Gasteiger charge is -2.06. The Balaban J connectivity index is 1.46. The van der Waals surface area contributed by atoms with Gasteiger partial charge in [0.2, 0.25) is 0 Å². The molecule has 0 aliphatic rings. The third kappa shape index (κ3) is 4.20. The topological polar surface area (TPSA) is 61.9 Å². The lowest BCUT2D eigenvalue weighted by atomic mass is 10.1. The van der Waals surface area contributed by atoms with Gasteiger partial charge >= 0.3 is 5.97 Å². The first-order valence-electron chi connectivity index (χ1n) is 9.52. The first kappa shape index (κ1) is 20.4. The van der Waals surface area contributed by atoms with E-state index in [9.17, 15) is 4.79 Å². The van der Waals surface area contributed by atoms with Crippen LogP contribution in [0, 0.1) is 0 Å². The number of imidazole rings is 1. The number of aryl methyl sites for hydroxylation is 2. The number of ether oxygens (including phenoxy) is 1. The van der Waals surface area contributed by atoms with Crippen LogP contribution in [0.4, 0.5) is 0 Å². The van der Waals surface area contributed by atoms with Crippen molar-refractivity contribution in [1.29, 1.82) is 0 Å². The Hall–Kier alpha value is -2.83. The van der Waals surface area contributed by atoms with E-state index in [-0.39, 0.29) is 19.0 Å². The molecular weight excluding hydrogens is 423 g/mol. The van der Waals surface area contributed by atoms with Gasteiger partial charge in [-0.25, -0.2) is 4.98 Å². The van der Waals surface area contributed by atoms with Crippen LogP contribution in [-0.4, -0.2) is 25.3 Å². The molecule has 0 aliphatic heterocycles. The molecule has 0 atom stereocenters. The van der Waals surface area contributed by atoms with Crippen LogP contribution in [0.25, 0.3) is 22.3 Å². The summed E-state index contributed by atoms with van der Waals surface area (Å²) in [7, 11) is 1.94. The average molecular weight is 443 g/mol. The number of benzene rings is 2. The van der Waals surface area contributed by atoms with Gasteiger partial charge in [0, 0.05) is 24.2 Å². The fraction of sp³-hybridized carbons (Fsp3) is 0.227. The molecule has 8 heteroatoms. The number of fused-ring (bicyclic) bond motifs is 1. The normalized spacial score (nSPS) is 11.2. The number of aromatic nitrogens is 4. The molecule has 0 spiro atoms. The Morgan fingerprint density at radius 2 is 1.97 bits per heavy atom. The summed E-state index contributed by atoms with van der Waals surface area (Å²) in [4.78, 5) is 16.8. The van der Waals surface area contributed by atoms with Crippen LogP contribution in [0.5, 0.6) is 0 Å². The minimum absolute atomic E-state index is 0.123. The van der Waals surface area contributed by atoms with Crippen LogP contribution in [-0.2, 0) is 36.2 Å². The number of esters is 1. The van der Waals surface area contributed by atoms with E-state index in [1.807, 2.05) is 48.9 Å². The Morgan fingerprint density at radius 3 is 2.73 bits per heavy atom. The van der Waals surface area contributed by atoms with Crippen molar-refractivity contribution in [3.05, 3.63) is 70.1 Å². The smallest absolute Gasteiger partial charge is 0.312 e. The summed E-state index contributed by atoms with van der Waals surface area (Å²) in [5, 5.41) is 5.65. The summed E-state index contributed by atoms with van der Waals surface area (Å²) >= 11 is 12.3. The summed E-state index contributed by atoms with van der Waals surface area (Å²) in [5.74, 6) is -0.320. The number of carbonyl (C=O) groups is 1. The first-order valence-corrected chi connectivity index (χ1v) is 10.3. The zero-order chi connectivity index (χ0) is 21.3. The summed E-state index contributed by atoms with van der Waals surface area (Å²) in [6.07, 6.45) is 1.88. The minimum atomic E-state index is -0.320. The van der Waals surface area contributed by atoms with Gasteiger partial charge in [-0.15, -0.1) is 0 Å². The maximum Gasteiger partial charge on any atom is 0.312 e. The zero-order valence-electron chi connectivity index (χ0n) is 16.6. The molecule has 0 saturated carbocycles. The Labute approximate surface area is 184 Å². The molecular formula is C22H20Cl2N4O2. The van der Waals surface area contributed by atoms with Gasteiger partial charge in [0.25, 0.3) is 0 Å². The van der Waals surface area contributed by atoms with Gasteiger partial charge in [-0.3, -0.25) is 9.48 Å². The fourth-order valence-electron chi connectivity index (χ4n) is 3.33. The van der Waals surface area contributed by atoms with E-state index in [2.05, 4.69) is 10.1 Å². The molecule has 4 rings (SSSR count). The molecule has 2 aromatic carbocycles. The molecule has 0 bridgehead atoms. The van der Waals surface area contributed by atoms with Crippen molar-refractivity contribution < 1.29 is 9.53 Å². The molecule has 0 radical (unpaired) electrons. The minimum Gasteiger partial charge on any atom is -0.461 e. The quantitative estimate of drug-likeness (QED) is 0.392. The van der Waals surface area contributed by atoms with Gasteiger partial charge in [-0.05, 0) is 48.9 Å². The standard InChI is InChI=1S/C22H20Cl2N4O2/c1-3-28-16(10-19(26-28)17-6-5-15(23)9-18(17)24)11-22(29)30-12-14-4-7-21-20(8-14)25-13-27(21)2/h4-10,13H,3,11-12H2,1-2H3. The largest absolute Gasteiger partial charge is 0.461 e. The van der Waals surface area contributed by atoms with E-state index in [0.29, 0.717) is 22.3 Å². The highest BCUT2D eigenvalue weighted by molar-refractivity contribution is 6.36. The summed E-state index contributed by atoms with van der Waals surface area (Å²) in [5.41, 5.74) is 5.04. The van der Waals surface area contributed by atoms with Gasteiger partial charge in [-0.2, -0.15) is 5.10 Å². The highest BCUT2D eigenvalue weighted by Crippen LogP contribution is 2.30. The number of halogens is 2. The molecule has 30 heavy (non-hydrogen) atoms. The molecule has 0 saturated heterocycles. The number of hydrogen-bond donors (Lipinski definition) is 0. The van der Waals surface area contributed by atoms with Crippen LogP contribution < -0.4 is 0 Å². The Bertz CT molecular complexity index is 1230. The first-order chi connectivity index (χ1) is 14.4. The van der Waals surface area contributed by atoms with Crippen LogP contribution in [0.3, 0.4) is 0 Å². The predicted molar refractivity (Wildman–Crippen MR) is 118 cm³/mol. The maximum absolute atomic E-state index is 12.5. The highest BCUT2D eigenvalue weighted by Gasteiger charge is 2.15. The van der Waals surface area contributed by atoms with Gasteiger partial charge in [0.05, 0.1) is 40.2 Å². The highest BCUT2D eigenvalue weighted by atomic mass is 35.5. The Morgan fingerprint density at radius 1 is 1.13 bits per heavy atom. The molecule has 2 heterocycles. The van der Waals surface area contributed by atoms with E-state index in [1.165, 1.54) is 0 Å². The molecule has 0 unspecified atom stereocenters. The predicted octanol–water partition coefficient (Wildman–Crippen LogP) is 5.05. The van der Waals surface area contributed by atoms with E-state index in [0.717, 1.165) is 27.9 Å². The van der Waals surface area contributed by atoms with Crippen molar-refractivity contribution in [3.63, 3.8) is 0 Å². The van der Waals surface area contributed by atoms with E-state index in [1.54, 1.807) is 23.1 Å². The lowest BCUT2D eigenvalue weighted by Crippen LogP contribution is -2.12. The van der Waals surface area contributed by atoms with E-state index in [4.69, 9.17) is 27.9 Å². The van der Waals surface area contributed by atoms with Crippen molar-refractivity contribution in [1.82, 2.24) is 19.3 Å². The molecule has 0 amide bonds. The van der Waals surface area contributed by atoms with Crippen LogP contribution >= 0.6 is 23.2 Å². The van der Waals surface area contributed by atoms with Gasteiger partial charge in [0.15, 0.2) is 0 Å². The molecule has 0 N–H and O–H groups in total. The van der Waals surface area contributed by atoms with Gasteiger partial charge in [-0.1, -0.05) is 29.3 Å². The van der Waals surface area contributed by atoms with Crippen molar-refractivity contribution in [2.45, 2.75) is 26.5 Å². The number of hydrogen-bond acceptors (Lipinski definition) is 4. The third-order valence-corrected chi connectivity index (χ3v) is 5.43. The average Bonchev–Trinajstić information content (AvgIpc) is 3.29. The monoisotopic (exact) mass is 442 g/mol. The molecule has 6 nitrogen and oxygen atoms in total. The van der Waals surface area contributed by atoms with Gasteiger partial charge < -0.3 is 9.30 Å². The van der Waals surface area contributed by atoms with E-state index >= 15 is 0 Å². The molecule has 4 aromatic rings. The maximum atomic E-state index is 12.5. The summed E-state index contributed by atoms with van der Waals surface area (Å²) in [6, 6.07) is 13.0. The van der Waals surface area contributed by atoms with Crippen LogP contribution in [0.1, 0.15) is 18.2 Å². The number of rotatable bonds is 6. The van der Waals surface area contributed by atoms with Crippen molar-refractivity contribution in [2.24, 2.45) is 7.05 Å². The van der Waals surface area contributed by atoms with Crippen molar-refractivity contribution >= 4 is 40.2 Å². The zero-order valence-corrected chi connectivity index (χ0v) is 18.1. The van der Waals surface area contributed by atoms with Crippen LogP contribution in [0.2, 0.25) is 10.0 Å². The van der Waals surface area contributed by atoms with Crippen molar-refractivity contribution in [2.75, 3.05) is 0 Å². The number of nitrogens with zero attached hydrogens (tertiary/aromatic N) is 4. The van der Waals surface area contributed by atoms with E-state index < -0.39 is 0 Å². The van der Waals surface area contributed by atoms with Gasteiger partial charge in [0.1, 0.15) is 6.61 Å². The molecule has 154 valence electrons. The fourth-order valence-corrected chi connectivity index (χ4v) is 3.84. The van der Waals surface area contributed by atoms with Crippen molar-refractivity contribution in [3.8, 4) is 11.3 Å². The lowest BCUT2D eigenvalue weighted by molar-refractivity contribution is -0.144.